The number of para-hydroxylation sites is 1. The first-order chi connectivity index (χ1) is 10.6. The predicted octanol–water partition coefficient (Wildman–Crippen LogP) is 2.46. The van der Waals surface area contributed by atoms with E-state index in [1.54, 1.807) is 48.5 Å². The summed E-state index contributed by atoms with van der Waals surface area (Å²) in [6.07, 6.45) is 0. The summed E-state index contributed by atoms with van der Waals surface area (Å²) >= 11 is 0. The number of hydrogen-bond acceptors (Lipinski definition) is 3. The van der Waals surface area contributed by atoms with Gasteiger partial charge < -0.3 is 10.1 Å². The van der Waals surface area contributed by atoms with Crippen LogP contribution in [-0.4, -0.2) is 21.8 Å². The smallest absolute Gasteiger partial charge is 0.352 e. The molecular formula is C17H11NO4. The molecule has 0 spiro atoms. The van der Waals surface area contributed by atoms with Crippen molar-refractivity contribution >= 4 is 22.7 Å². The van der Waals surface area contributed by atoms with Crippen molar-refractivity contribution in [2.24, 2.45) is 0 Å². The van der Waals surface area contributed by atoms with Crippen molar-refractivity contribution in [1.29, 1.82) is 0 Å². The Hall–Kier alpha value is -3.21. The van der Waals surface area contributed by atoms with Crippen molar-refractivity contribution in [3.05, 3.63) is 81.6 Å². The molecule has 0 saturated carbocycles. The number of benzene rings is 2. The Morgan fingerprint density at radius 2 is 1.68 bits per heavy atom. The van der Waals surface area contributed by atoms with Crippen molar-refractivity contribution in [2.45, 2.75) is 0 Å². The minimum Gasteiger partial charge on any atom is -0.477 e. The van der Waals surface area contributed by atoms with Gasteiger partial charge in [-0.15, -0.1) is 0 Å². The van der Waals surface area contributed by atoms with Crippen LogP contribution >= 0.6 is 0 Å². The number of rotatable bonds is 3. The van der Waals surface area contributed by atoms with E-state index >= 15 is 0 Å². The number of fused-ring (bicyclic) bond motifs is 1. The number of pyridine rings is 1. The van der Waals surface area contributed by atoms with Gasteiger partial charge in [0.15, 0.2) is 11.2 Å². The summed E-state index contributed by atoms with van der Waals surface area (Å²) in [5.74, 6) is -1.52. The molecule has 0 unspecified atom stereocenters. The van der Waals surface area contributed by atoms with Crippen molar-refractivity contribution < 1.29 is 14.7 Å². The van der Waals surface area contributed by atoms with Gasteiger partial charge in [-0.25, -0.2) is 4.79 Å². The van der Waals surface area contributed by atoms with Gasteiger partial charge in [-0.2, -0.15) is 0 Å². The molecule has 0 aliphatic heterocycles. The summed E-state index contributed by atoms with van der Waals surface area (Å²) in [6.45, 7) is 0. The molecule has 108 valence electrons. The quantitative estimate of drug-likeness (QED) is 0.726. The highest BCUT2D eigenvalue weighted by atomic mass is 16.4. The van der Waals surface area contributed by atoms with E-state index in [0.29, 0.717) is 5.56 Å². The topological polar surface area (TPSA) is 87.2 Å². The molecular weight excluding hydrogens is 282 g/mol. The lowest BCUT2D eigenvalue weighted by Crippen LogP contribution is -2.12. The van der Waals surface area contributed by atoms with E-state index in [1.165, 1.54) is 0 Å². The van der Waals surface area contributed by atoms with Gasteiger partial charge >= 0.3 is 5.97 Å². The zero-order valence-corrected chi connectivity index (χ0v) is 11.4. The number of carbonyl (C=O) groups excluding carboxylic acids is 1. The molecule has 0 atom stereocenters. The zero-order valence-electron chi connectivity index (χ0n) is 11.4. The van der Waals surface area contributed by atoms with E-state index in [-0.39, 0.29) is 27.9 Å². The van der Waals surface area contributed by atoms with Gasteiger partial charge in [0, 0.05) is 22.6 Å². The third-order valence-corrected chi connectivity index (χ3v) is 3.38. The number of hydrogen-bond donors (Lipinski definition) is 2. The molecule has 5 nitrogen and oxygen atoms in total. The standard InChI is InChI=1S/C17H11NO4/c19-14-9-13(17(21)22)18-15-11(14)7-4-8-12(15)16(20)10-5-2-1-3-6-10/h1-9H,(H,18,19)(H,21,22). The fourth-order valence-electron chi connectivity index (χ4n) is 2.32. The van der Waals surface area contributed by atoms with Crippen LogP contribution in [0.2, 0.25) is 0 Å². The molecule has 0 aliphatic carbocycles. The lowest BCUT2D eigenvalue weighted by atomic mass is 10.00. The molecule has 0 aliphatic rings. The van der Waals surface area contributed by atoms with Crippen LogP contribution in [0.5, 0.6) is 0 Å². The second kappa shape index (κ2) is 5.29. The summed E-state index contributed by atoms with van der Waals surface area (Å²) in [4.78, 5) is 38.4. The molecule has 3 rings (SSSR count). The predicted molar refractivity (Wildman–Crippen MR) is 81.4 cm³/mol. The fraction of sp³-hybridized carbons (Fsp3) is 0. The summed E-state index contributed by atoms with van der Waals surface area (Å²) in [6, 6.07) is 14.4. The van der Waals surface area contributed by atoms with Gasteiger partial charge in [-0.05, 0) is 12.1 Å². The number of nitrogens with one attached hydrogen (secondary N) is 1. The highest BCUT2D eigenvalue weighted by molar-refractivity contribution is 6.15. The Kier molecular flexibility index (Phi) is 3.31. The summed E-state index contributed by atoms with van der Waals surface area (Å²) in [5, 5.41) is 9.34. The van der Waals surface area contributed by atoms with E-state index in [4.69, 9.17) is 5.11 Å². The molecule has 0 amide bonds. The molecule has 2 N–H and O–H groups in total. The number of carbonyl (C=O) groups is 2. The van der Waals surface area contributed by atoms with Gasteiger partial charge in [0.2, 0.25) is 0 Å². The molecule has 2 aromatic carbocycles. The third-order valence-electron chi connectivity index (χ3n) is 3.38. The van der Waals surface area contributed by atoms with Gasteiger partial charge in [-0.1, -0.05) is 36.4 Å². The molecule has 0 fully saturated rings. The van der Waals surface area contributed by atoms with E-state index in [2.05, 4.69) is 4.98 Å². The SMILES string of the molecule is O=C(O)c1cc(=O)c2cccc(C(=O)c3ccccc3)c2[nH]1. The van der Waals surface area contributed by atoms with Crippen LogP contribution in [0.1, 0.15) is 26.4 Å². The second-order valence-corrected chi connectivity index (χ2v) is 4.78. The Morgan fingerprint density at radius 3 is 2.36 bits per heavy atom. The first-order valence-electron chi connectivity index (χ1n) is 6.57. The molecule has 0 radical (unpaired) electrons. The van der Waals surface area contributed by atoms with Gasteiger partial charge in [0.05, 0.1) is 5.52 Å². The maximum atomic E-state index is 12.6. The highest BCUT2D eigenvalue weighted by Crippen LogP contribution is 2.18. The van der Waals surface area contributed by atoms with Crippen molar-refractivity contribution in [2.75, 3.05) is 0 Å². The van der Waals surface area contributed by atoms with Crippen LogP contribution in [0.3, 0.4) is 0 Å². The number of carboxylic acid groups (broad SMARTS) is 1. The Labute approximate surface area is 124 Å². The Bertz CT molecular complexity index is 942. The molecule has 0 saturated heterocycles. The van der Waals surface area contributed by atoms with Crippen LogP contribution in [0, 0.1) is 0 Å². The fourth-order valence-corrected chi connectivity index (χ4v) is 2.32. The number of ketones is 1. The number of aromatic carboxylic acids is 1. The minimum absolute atomic E-state index is 0.237. The molecule has 22 heavy (non-hydrogen) atoms. The third kappa shape index (κ3) is 2.29. The Balaban J connectivity index is 2.28. The van der Waals surface area contributed by atoms with Crippen LogP contribution in [0.25, 0.3) is 10.9 Å². The lowest BCUT2D eigenvalue weighted by molar-refractivity contribution is 0.0690. The molecule has 5 heteroatoms. The Morgan fingerprint density at radius 1 is 0.955 bits per heavy atom. The average Bonchev–Trinajstić information content (AvgIpc) is 2.54. The van der Waals surface area contributed by atoms with Gasteiger partial charge in [0.1, 0.15) is 5.69 Å². The van der Waals surface area contributed by atoms with E-state index in [9.17, 15) is 14.4 Å². The summed E-state index contributed by atoms with van der Waals surface area (Å²) < 4.78 is 0. The van der Waals surface area contributed by atoms with E-state index < -0.39 is 11.4 Å². The average molecular weight is 293 g/mol. The summed E-state index contributed by atoms with van der Waals surface area (Å²) in [7, 11) is 0. The molecule has 0 bridgehead atoms. The molecule has 3 aromatic rings. The van der Waals surface area contributed by atoms with Crippen molar-refractivity contribution in [1.82, 2.24) is 4.98 Å². The van der Waals surface area contributed by atoms with Crippen LogP contribution in [0.15, 0.2) is 59.4 Å². The maximum absolute atomic E-state index is 12.6. The zero-order chi connectivity index (χ0) is 15.7. The summed E-state index contributed by atoms with van der Waals surface area (Å²) in [5.41, 5.74) is 0.293. The second-order valence-electron chi connectivity index (χ2n) is 4.78. The lowest BCUT2D eigenvalue weighted by Gasteiger charge is -2.07. The van der Waals surface area contributed by atoms with Crippen LogP contribution in [-0.2, 0) is 0 Å². The maximum Gasteiger partial charge on any atom is 0.352 e. The number of aromatic nitrogens is 1. The van der Waals surface area contributed by atoms with E-state index in [1.807, 2.05) is 0 Å². The minimum atomic E-state index is -1.25. The number of aromatic amines is 1. The van der Waals surface area contributed by atoms with Crippen LogP contribution < -0.4 is 5.43 Å². The van der Waals surface area contributed by atoms with Crippen LogP contribution in [0.4, 0.5) is 0 Å². The van der Waals surface area contributed by atoms with Gasteiger partial charge in [-0.3, -0.25) is 9.59 Å². The van der Waals surface area contributed by atoms with Crippen molar-refractivity contribution in [3.63, 3.8) is 0 Å². The molecule has 1 heterocycles. The first-order valence-corrected chi connectivity index (χ1v) is 6.57. The largest absolute Gasteiger partial charge is 0.477 e. The van der Waals surface area contributed by atoms with Crippen molar-refractivity contribution in [3.8, 4) is 0 Å². The normalized spacial score (nSPS) is 10.5. The molecule has 1 aromatic heterocycles. The van der Waals surface area contributed by atoms with Gasteiger partial charge in [0.25, 0.3) is 0 Å². The monoisotopic (exact) mass is 293 g/mol. The number of H-pyrrole nitrogens is 1. The number of carboxylic acids is 1. The van der Waals surface area contributed by atoms with E-state index in [0.717, 1.165) is 6.07 Å². The highest BCUT2D eigenvalue weighted by Gasteiger charge is 2.16. The first kappa shape index (κ1) is 13.8.